The fraction of sp³-hybridized carbons (Fsp3) is 0.647. The van der Waals surface area contributed by atoms with Crippen LogP contribution in [0.1, 0.15) is 34.1 Å². The molecule has 1 heterocycles. The summed E-state index contributed by atoms with van der Waals surface area (Å²) in [6, 6.07) is 0. The highest BCUT2D eigenvalue weighted by Crippen LogP contribution is 2.33. The van der Waals surface area contributed by atoms with E-state index in [2.05, 4.69) is 64.2 Å². The van der Waals surface area contributed by atoms with Crippen LogP contribution in [-0.4, -0.2) is 25.0 Å². The molecule has 0 amide bonds. The quantitative estimate of drug-likeness (QED) is 0.733. The van der Waals surface area contributed by atoms with E-state index in [9.17, 15) is 0 Å². The minimum absolute atomic E-state index is 0.142. The lowest BCUT2D eigenvalue weighted by Crippen LogP contribution is -2.27. The molecule has 19 heavy (non-hydrogen) atoms. The van der Waals surface area contributed by atoms with Crippen molar-refractivity contribution in [3.63, 3.8) is 0 Å². The van der Waals surface area contributed by atoms with E-state index in [4.69, 9.17) is 0 Å². The van der Waals surface area contributed by atoms with Crippen LogP contribution >= 0.6 is 0 Å². The van der Waals surface area contributed by atoms with E-state index in [1.165, 1.54) is 5.70 Å². The summed E-state index contributed by atoms with van der Waals surface area (Å²) in [5.74, 6) is 1.25. The lowest BCUT2D eigenvalue weighted by Gasteiger charge is -2.32. The van der Waals surface area contributed by atoms with Crippen molar-refractivity contribution in [1.29, 1.82) is 0 Å². The molecule has 1 rings (SSSR count). The third kappa shape index (κ3) is 4.24. The van der Waals surface area contributed by atoms with Crippen LogP contribution in [0.2, 0.25) is 0 Å². The third-order valence-electron chi connectivity index (χ3n) is 4.07. The molecule has 1 N–H and O–H groups in total. The van der Waals surface area contributed by atoms with Crippen molar-refractivity contribution in [3.8, 4) is 0 Å². The van der Waals surface area contributed by atoms with E-state index < -0.39 is 0 Å². The second-order valence-electron chi connectivity index (χ2n) is 6.59. The Balaban J connectivity index is 3.08. The summed E-state index contributed by atoms with van der Waals surface area (Å²) in [7, 11) is 2.13. The number of nitrogens with zero attached hydrogens (tertiary/aromatic N) is 1. The van der Waals surface area contributed by atoms with Gasteiger partial charge in [0.25, 0.3) is 0 Å². The Kier molecular flexibility index (Phi) is 5.42. The molecule has 108 valence electrons. The number of hydrogen-bond donors (Lipinski definition) is 1. The van der Waals surface area contributed by atoms with Gasteiger partial charge in [0.05, 0.1) is 0 Å². The zero-order chi connectivity index (χ0) is 14.6. The molecular weight excluding hydrogens is 232 g/mol. The predicted octanol–water partition coefficient (Wildman–Crippen LogP) is 3.79. The standard InChI is InChI=1S/C17H30N2/c1-8-9-17(5,6)10-16(19(7)13(2)3)15-12-18-11-14(15)4/h8,10,14-15,18H,1-2,9,11-12H2,3-7H3/b16-10-. The number of hydrogen-bond acceptors (Lipinski definition) is 2. The Labute approximate surface area is 119 Å². The highest BCUT2D eigenvalue weighted by Gasteiger charge is 2.30. The summed E-state index contributed by atoms with van der Waals surface area (Å²) in [6.07, 6.45) is 5.41. The van der Waals surface area contributed by atoms with Gasteiger partial charge in [-0.3, -0.25) is 0 Å². The van der Waals surface area contributed by atoms with E-state index in [1.54, 1.807) is 0 Å². The Morgan fingerprint density at radius 1 is 1.42 bits per heavy atom. The zero-order valence-corrected chi connectivity index (χ0v) is 13.3. The molecule has 0 radical (unpaired) electrons. The minimum Gasteiger partial charge on any atom is -0.352 e. The SMILES string of the molecule is C=CCC(C)(C)/C=C(/C1CNCC1C)N(C)C(=C)C. The first-order valence-corrected chi connectivity index (χ1v) is 7.22. The molecule has 0 aromatic heterocycles. The summed E-state index contributed by atoms with van der Waals surface area (Å²) in [4.78, 5) is 2.25. The number of rotatable bonds is 6. The lowest BCUT2D eigenvalue weighted by atomic mass is 9.84. The van der Waals surface area contributed by atoms with Gasteiger partial charge in [0, 0.05) is 30.9 Å². The molecule has 2 atom stereocenters. The van der Waals surface area contributed by atoms with Crippen molar-refractivity contribution in [2.24, 2.45) is 17.3 Å². The average Bonchev–Trinajstić information content (AvgIpc) is 2.71. The molecule has 1 fully saturated rings. The molecule has 1 aliphatic heterocycles. The van der Waals surface area contributed by atoms with Crippen molar-refractivity contribution in [2.45, 2.75) is 34.1 Å². The molecule has 2 nitrogen and oxygen atoms in total. The predicted molar refractivity (Wildman–Crippen MR) is 84.8 cm³/mol. The van der Waals surface area contributed by atoms with Gasteiger partial charge in [-0.1, -0.05) is 39.5 Å². The molecule has 1 aliphatic rings. The summed E-state index contributed by atoms with van der Waals surface area (Å²) in [6.45, 7) is 19.1. The first kappa shape index (κ1) is 16.0. The number of allylic oxidation sites excluding steroid dienone is 3. The van der Waals surface area contributed by atoms with Gasteiger partial charge in [0.1, 0.15) is 0 Å². The van der Waals surface area contributed by atoms with Gasteiger partial charge in [-0.15, -0.1) is 6.58 Å². The zero-order valence-electron chi connectivity index (χ0n) is 13.3. The van der Waals surface area contributed by atoms with Crippen molar-refractivity contribution in [3.05, 3.63) is 36.7 Å². The smallest absolute Gasteiger partial charge is 0.0186 e. The Bertz CT molecular complexity index is 365. The van der Waals surface area contributed by atoms with Crippen LogP contribution in [0.3, 0.4) is 0 Å². The van der Waals surface area contributed by atoms with Crippen LogP contribution < -0.4 is 5.32 Å². The fourth-order valence-corrected chi connectivity index (χ4v) is 2.71. The minimum atomic E-state index is 0.142. The summed E-state index contributed by atoms with van der Waals surface area (Å²) in [5.41, 5.74) is 2.64. The van der Waals surface area contributed by atoms with Gasteiger partial charge >= 0.3 is 0 Å². The molecule has 2 unspecified atom stereocenters. The van der Waals surface area contributed by atoms with Crippen LogP contribution in [0.4, 0.5) is 0 Å². The van der Waals surface area contributed by atoms with Crippen molar-refractivity contribution in [2.75, 3.05) is 20.1 Å². The molecule has 0 aromatic carbocycles. The van der Waals surface area contributed by atoms with Crippen LogP contribution in [0, 0.1) is 17.3 Å². The van der Waals surface area contributed by atoms with Gasteiger partial charge in [-0.05, 0) is 31.2 Å². The monoisotopic (exact) mass is 262 g/mol. The molecule has 1 saturated heterocycles. The molecule has 0 bridgehead atoms. The van der Waals surface area contributed by atoms with E-state index in [0.29, 0.717) is 11.8 Å². The normalized spacial score (nSPS) is 24.4. The second kappa shape index (κ2) is 6.42. The molecule has 0 aliphatic carbocycles. The maximum absolute atomic E-state index is 4.09. The first-order valence-electron chi connectivity index (χ1n) is 7.22. The summed E-state index contributed by atoms with van der Waals surface area (Å²) < 4.78 is 0. The van der Waals surface area contributed by atoms with Crippen molar-refractivity contribution >= 4 is 0 Å². The molecule has 0 saturated carbocycles. The maximum atomic E-state index is 4.09. The first-order chi connectivity index (χ1) is 8.78. The van der Waals surface area contributed by atoms with Gasteiger partial charge in [-0.2, -0.15) is 0 Å². The van der Waals surface area contributed by atoms with Gasteiger partial charge < -0.3 is 10.2 Å². The summed E-state index contributed by atoms with van der Waals surface area (Å²) >= 11 is 0. The molecule has 0 spiro atoms. The van der Waals surface area contributed by atoms with Crippen LogP contribution in [0.25, 0.3) is 0 Å². The van der Waals surface area contributed by atoms with Crippen LogP contribution in [0.5, 0.6) is 0 Å². The summed E-state index contributed by atoms with van der Waals surface area (Å²) in [5, 5.41) is 3.50. The fourth-order valence-electron chi connectivity index (χ4n) is 2.71. The second-order valence-corrected chi connectivity index (χ2v) is 6.59. The number of nitrogens with one attached hydrogen (secondary N) is 1. The molecule has 0 aromatic rings. The van der Waals surface area contributed by atoms with Gasteiger partial charge in [-0.25, -0.2) is 0 Å². The Morgan fingerprint density at radius 2 is 2.05 bits per heavy atom. The third-order valence-corrected chi connectivity index (χ3v) is 4.07. The van der Waals surface area contributed by atoms with Crippen LogP contribution in [0.15, 0.2) is 36.7 Å². The van der Waals surface area contributed by atoms with Gasteiger partial charge in [0.2, 0.25) is 0 Å². The van der Waals surface area contributed by atoms with Crippen LogP contribution in [-0.2, 0) is 0 Å². The molecule has 2 heteroatoms. The average molecular weight is 262 g/mol. The highest BCUT2D eigenvalue weighted by atomic mass is 15.1. The molecular formula is C17H30N2. The van der Waals surface area contributed by atoms with E-state index in [0.717, 1.165) is 25.2 Å². The van der Waals surface area contributed by atoms with E-state index in [1.807, 2.05) is 6.08 Å². The maximum Gasteiger partial charge on any atom is 0.0186 e. The topological polar surface area (TPSA) is 15.3 Å². The van der Waals surface area contributed by atoms with Crippen molar-refractivity contribution in [1.82, 2.24) is 10.2 Å². The van der Waals surface area contributed by atoms with Gasteiger partial charge in [0.15, 0.2) is 0 Å². The Hall–Kier alpha value is -1.02. The lowest BCUT2D eigenvalue weighted by molar-refractivity contribution is 0.369. The van der Waals surface area contributed by atoms with E-state index in [-0.39, 0.29) is 5.41 Å². The van der Waals surface area contributed by atoms with Crippen molar-refractivity contribution < 1.29 is 0 Å². The Morgan fingerprint density at radius 3 is 2.47 bits per heavy atom. The van der Waals surface area contributed by atoms with E-state index >= 15 is 0 Å². The largest absolute Gasteiger partial charge is 0.352 e. The highest BCUT2D eigenvalue weighted by molar-refractivity contribution is 5.18.